The van der Waals surface area contributed by atoms with Crippen molar-refractivity contribution in [3.05, 3.63) is 29.8 Å². The van der Waals surface area contributed by atoms with Crippen molar-refractivity contribution in [2.75, 3.05) is 6.54 Å². The van der Waals surface area contributed by atoms with Gasteiger partial charge in [-0.05, 0) is 23.1 Å². The maximum absolute atomic E-state index is 11.7. The van der Waals surface area contributed by atoms with Crippen molar-refractivity contribution >= 4 is 16.0 Å². The molecule has 1 aromatic rings. The van der Waals surface area contributed by atoms with Gasteiger partial charge in [0.25, 0.3) is 0 Å². The van der Waals surface area contributed by atoms with Crippen LogP contribution in [0.2, 0.25) is 0 Å². The van der Waals surface area contributed by atoms with Crippen molar-refractivity contribution in [3.63, 3.8) is 0 Å². The second-order valence-electron chi connectivity index (χ2n) is 4.99. The van der Waals surface area contributed by atoms with Gasteiger partial charge in [-0.2, -0.15) is 4.72 Å². The fourth-order valence-electron chi connectivity index (χ4n) is 1.37. The Labute approximate surface area is 107 Å². The summed E-state index contributed by atoms with van der Waals surface area (Å²) in [6.45, 7) is 5.46. The number of carbonyl (C=O) groups is 1. The third-order valence-corrected chi connectivity index (χ3v) is 3.86. The van der Waals surface area contributed by atoms with Crippen LogP contribution in [0.4, 0.5) is 0 Å². The Morgan fingerprint density at radius 3 is 2.11 bits per heavy atom. The number of rotatable bonds is 4. The molecule has 0 saturated heterocycles. The van der Waals surface area contributed by atoms with Crippen LogP contribution in [-0.4, -0.2) is 26.0 Å². The van der Waals surface area contributed by atoms with Crippen LogP contribution < -0.4 is 4.72 Å². The van der Waals surface area contributed by atoms with Gasteiger partial charge >= 0.3 is 5.97 Å². The first-order chi connectivity index (χ1) is 8.13. The maximum Gasteiger partial charge on any atom is 0.318 e. The molecule has 0 saturated carbocycles. The van der Waals surface area contributed by atoms with Crippen molar-refractivity contribution in [1.82, 2.24) is 4.72 Å². The highest BCUT2D eigenvalue weighted by Crippen LogP contribution is 2.23. The molecule has 0 spiro atoms. The predicted molar refractivity (Wildman–Crippen MR) is 68.0 cm³/mol. The summed E-state index contributed by atoms with van der Waals surface area (Å²) in [6.07, 6.45) is 0. The lowest BCUT2D eigenvalue weighted by Gasteiger charge is -2.19. The van der Waals surface area contributed by atoms with Gasteiger partial charge in [-0.15, -0.1) is 0 Å². The number of hydrogen-bond acceptors (Lipinski definition) is 3. The van der Waals surface area contributed by atoms with Crippen LogP contribution in [0, 0.1) is 0 Å². The van der Waals surface area contributed by atoms with Crippen molar-refractivity contribution in [2.24, 2.45) is 0 Å². The van der Waals surface area contributed by atoms with Gasteiger partial charge in [0.15, 0.2) is 0 Å². The second kappa shape index (κ2) is 5.07. The van der Waals surface area contributed by atoms with E-state index in [0.717, 1.165) is 5.56 Å². The van der Waals surface area contributed by atoms with E-state index < -0.39 is 22.5 Å². The lowest BCUT2D eigenvalue weighted by molar-refractivity contribution is -0.135. The Morgan fingerprint density at radius 1 is 1.22 bits per heavy atom. The molecular formula is C12H17NO4S. The number of sulfonamides is 1. The van der Waals surface area contributed by atoms with Crippen LogP contribution in [0.1, 0.15) is 26.3 Å². The molecule has 100 valence electrons. The van der Waals surface area contributed by atoms with Crippen LogP contribution in [0.3, 0.4) is 0 Å². The molecule has 0 radical (unpaired) electrons. The topological polar surface area (TPSA) is 83.5 Å². The van der Waals surface area contributed by atoms with Gasteiger partial charge in [-0.3, -0.25) is 4.79 Å². The summed E-state index contributed by atoms with van der Waals surface area (Å²) >= 11 is 0. The van der Waals surface area contributed by atoms with Gasteiger partial charge in [-0.25, -0.2) is 8.42 Å². The molecular weight excluding hydrogens is 254 g/mol. The molecule has 0 atom stereocenters. The molecule has 2 N–H and O–H groups in total. The first kappa shape index (κ1) is 14.7. The lowest BCUT2D eigenvalue weighted by Crippen LogP contribution is -2.29. The number of aliphatic carboxylic acids is 1. The standard InChI is InChI=1S/C12H17NO4S/c1-12(2,3)9-4-6-10(7-5-9)18(16,17)13-8-11(14)15/h4-7,13H,8H2,1-3H3,(H,14,15). The van der Waals surface area contributed by atoms with Crippen LogP contribution in [0.15, 0.2) is 29.2 Å². The zero-order chi connectivity index (χ0) is 14.0. The Morgan fingerprint density at radius 2 is 1.72 bits per heavy atom. The smallest absolute Gasteiger partial charge is 0.318 e. The summed E-state index contributed by atoms with van der Waals surface area (Å²) in [5.74, 6) is -1.22. The Kier molecular flexibility index (Phi) is 4.13. The third kappa shape index (κ3) is 3.82. The fraction of sp³-hybridized carbons (Fsp3) is 0.417. The third-order valence-electron chi connectivity index (χ3n) is 2.44. The molecule has 1 rings (SSSR count). The minimum atomic E-state index is -3.75. The largest absolute Gasteiger partial charge is 0.480 e. The molecule has 0 amide bonds. The van der Waals surface area contributed by atoms with E-state index in [1.165, 1.54) is 12.1 Å². The first-order valence-corrected chi connectivity index (χ1v) is 6.93. The molecule has 5 nitrogen and oxygen atoms in total. The van der Waals surface area contributed by atoms with E-state index in [4.69, 9.17) is 5.11 Å². The van der Waals surface area contributed by atoms with E-state index in [9.17, 15) is 13.2 Å². The minimum absolute atomic E-state index is 0.0587. The summed E-state index contributed by atoms with van der Waals surface area (Å²) in [5, 5.41) is 8.45. The molecule has 0 aliphatic rings. The highest BCUT2D eigenvalue weighted by atomic mass is 32.2. The van der Waals surface area contributed by atoms with Gasteiger partial charge in [0, 0.05) is 0 Å². The summed E-state index contributed by atoms with van der Waals surface area (Å²) in [5.41, 5.74) is 0.955. The highest BCUT2D eigenvalue weighted by molar-refractivity contribution is 7.89. The number of hydrogen-bond donors (Lipinski definition) is 2. The van der Waals surface area contributed by atoms with Crippen LogP contribution in [0.25, 0.3) is 0 Å². The summed E-state index contributed by atoms with van der Waals surface area (Å²) in [4.78, 5) is 10.4. The maximum atomic E-state index is 11.7. The van der Waals surface area contributed by atoms with Gasteiger partial charge < -0.3 is 5.11 Å². The van der Waals surface area contributed by atoms with Crippen LogP contribution in [-0.2, 0) is 20.2 Å². The van der Waals surface area contributed by atoms with Gasteiger partial charge in [0.1, 0.15) is 6.54 Å². The molecule has 6 heteroatoms. The second-order valence-corrected chi connectivity index (χ2v) is 6.76. The molecule has 0 unspecified atom stereocenters. The number of carboxylic acid groups (broad SMARTS) is 1. The van der Waals surface area contributed by atoms with E-state index in [0.29, 0.717) is 0 Å². The summed E-state index contributed by atoms with van der Waals surface area (Å²) in [6, 6.07) is 6.42. The van der Waals surface area contributed by atoms with E-state index >= 15 is 0 Å². The molecule has 0 heterocycles. The van der Waals surface area contributed by atoms with E-state index in [-0.39, 0.29) is 10.3 Å². The molecule has 0 aromatic heterocycles. The summed E-state index contributed by atoms with van der Waals surface area (Å²) in [7, 11) is -3.75. The van der Waals surface area contributed by atoms with Crippen molar-refractivity contribution in [3.8, 4) is 0 Å². The Balaban J connectivity index is 2.95. The van der Waals surface area contributed by atoms with E-state index in [2.05, 4.69) is 0 Å². The SMILES string of the molecule is CC(C)(C)c1ccc(S(=O)(=O)NCC(=O)O)cc1. The van der Waals surface area contributed by atoms with Crippen molar-refractivity contribution < 1.29 is 18.3 Å². The van der Waals surface area contributed by atoms with E-state index in [1.807, 2.05) is 25.5 Å². The quantitative estimate of drug-likeness (QED) is 0.865. The average molecular weight is 271 g/mol. The normalized spacial score (nSPS) is 12.4. The summed E-state index contributed by atoms with van der Waals surface area (Å²) < 4.78 is 25.5. The molecule has 0 bridgehead atoms. The highest BCUT2D eigenvalue weighted by Gasteiger charge is 2.17. The zero-order valence-electron chi connectivity index (χ0n) is 10.6. The zero-order valence-corrected chi connectivity index (χ0v) is 11.4. The van der Waals surface area contributed by atoms with Crippen LogP contribution >= 0.6 is 0 Å². The Bertz CT molecular complexity index is 526. The number of benzene rings is 1. The predicted octanol–water partition coefficient (Wildman–Crippen LogP) is 1.35. The monoisotopic (exact) mass is 271 g/mol. The minimum Gasteiger partial charge on any atom is -0.480 e. The first-order valence-electron chi connectivity index (χ1n) is 5.45. The van der Waals surface area contributed by atoms with E-state index in [1.54, 1.807) is 12.1 Å². The van der Waals surface area contributed by atoms with Gasteiger partial charge in [0.2, 0.25) is 10.0 Å². The molecule has 0 aliphatic carbocycles. The van der Waals surface area contributed by atoms with Crippen molar-refractivity contribution in [1.29, 1.82) is 0 Å². The molecule has 0 fully saturated rings. The molecule has 0 aliphatic heterocycles. The van der Waals surface area contributed by atoms with Crippen LogP contribution in [0.5, 0.6) is 0 Å². The van der Waals surface area contributed by atoms with Gasteiger partial charge in [-0.1, -0.05) is 32.9 Å². The lowest BCUT2D eigenvalue weighted by atomic mass is 9.87. The number of carboxylic acids is 1. The Hall–Kier alpha value is -1.40. The molecule has 1 aromatic carbocycles. The van der Waals surface area contributed by atoms with Crippen molar-refractivity contribution in [2.45, 2.75) is 31.1 Å². The average Bonchev–Trinajstić information content (AvgIpc) is 2.26. The fourth-order valence-corrected chi connectivity index (χ4v) is 2.35. The molecule has 18 heavy (non-hydrogen) atoms. The van der Waals surface area contributed by atoms with Gasteiger partial charge in [0.05, 0.1) is 4.90 Å². The number of nitrogens with one attached hydrogen (secondary N) is 1.